The molecular weight excluding hydrogens is 424 g/mol. The molecule has 0 aliphatic rings. The van der Waals surface area contributed by atoms with E-state index in [1.54, 1.807) is 24.5 Å². The summed E-state index contributed by atoms with van der Waals surface area (Å²) >= 11 is 0. The summed E-state index contributed by atoms with van der Waals surface area (Å²) in [6, 6.07) is 24.0. The molecule has 1 heterocycles. The fourth-order valence-electron chi connectivity index (χ4n) is 2.95. The van der Waals surface area contributed by atoms with E-state index < -0.39 is 6.61 Å². The molecule has 33 heavy (non-hydrogen) atoms. The molecule has 0 saturated heterocycles. The van der Waals surface area contributed by atoms with Gasteiger partial charge in [0.1, 0.15) is 18.1 Å². The van der Waals surface area contributed by atoms with E-state index in [2.05, 4.69) is 20.0 Å². The van der Waals surface area contributed by atoms with Crippen LogP contribution in [-0.4, -0.2) is 16.6 Å². The van der Waals surface area contributed by atoms with E-state index in [-0.39, 0.29) is 5.75 Å². The SMILES string of the molecule is FC(F)Oc1ccc(Nc2ncc(/C=C/c3ccc(OCc4ccccc4)cc3)cn2)cc1. The highest BCUT2D eigenvalue weighted by Gasteiger charge is 2.04. The highest BCUT2D eigenvalue weighted by Crippen LogP contribution is 2.20. The first-order valence-corrected chi connectivity index (χ1v) is 10.2. The van der Waals surface area contributed by atoms with E-state index in [1.807, 2.05) is 66.7 Å². The lowest BCUT2D eigenvalue weighted by atomic mass is 10.2. The Labute approximate surface area is 190 Å². The molecule has 166 valence electrons. The van der Waals surface area contributed by atoms with Crippen LogP contribution in [0.3, 0.4) is 0 Å². The maximum absolute atomic E-state index is 12.2. The lowest BCUT2D eigenvalue weighted by Crippen LogP contribution is -2.02. The van der Waals surface area contributed by atoms with Crippen molar-refractivity contribution in [3.8, 4) is 11.5 Å². The van der Waals surface area contributed by atoms with Crippen molar-refractivity contribution < 1.29 is 18.3 Å². The third-order valence-corrected chi connectivity index (χ3v) is 4.60. The van der Waals surface area contributed by atoms with Crippen LogP contribution < -0.4 is 14.8 Å². The summed E-state index contributed by atoms with van der Waals surface area (Å²) in [4.78, 5) is 8.56. The van der Waals surface area contributed by atoms with Gasteiger partial charge >= 0.3 is 6.61 Å². The molecule has 0 fully saturated rings. The summed E-state index contributed by atoms with van der Waals surface area (Å²) in [5, 5.41) is 3.01. The zero-order valence-corrected chi connectivity index (χ0v) is 17.6. The molecule has 7 heteroatoms. The molecule has 0 saturated carbocycles. The van der Waals surface area contributed by atoms with Crippen molar-refractivity contribution >= 4 is 23.8 Å². The maximum Gasteiger partial charge on any atom is 0.387 e. The second-order valence-corrected chi connectivity index (χ2v) is 7.04. The van der Waals surface area contributed by atoms with Crippen LogP contribution in [0.25, 0.3) is 12.2 Å². The van der Waals surface area contributed by atoms with Crippen molar-refractivity contribution in [3.05, 3.63) is 108 Å². The van der Waals surface area contributed by atoms with Gasteiger partial charge in [-0.25, -0.2) is 9.97 Å². The Morgan fingerprint density at radius 1 is 0.758 bits per heavy atom. The number of hydrogen-bond donors (Lipinski definition) is 1. The number of alkyl halides is 2. The average Bonchev–Trinajstić information content (AvgIpc) is 2.84. The summed E-state index contributed by atoms with van der Waals surface area (Å²) in [6.45, 7) is -2.32. The van der Waals surface area contributed by atoms with E-state index >= 15 is 0 Å². The third-order valence-electron chi connectivity index (χ3n) is 4.60. The second kappa shape index (κ2) is 10.9. The number of ether oxygens (including phenoxy) is 2. The number of halogens is 2. The number of benzene rings is 3. The quantitative estimate of drug-likeness (QED) is 0.316. The molecule has 0 radical (unpaired) electrons. The molecule has 0 amide bonds. The summed E-state index contributed by atoms with van der Waals surface area (Å²) in [6.07, 6.45) is 7.27. The molecule has 4 rings (SSSR count). The number of rotatable bonds is 9. The third kappa shape index (κ3) is 6.87. The number of nitrogens with one attached hydrogen (secondary N) is 1. The van der Waals surface area contributed by atoms with Crippen LogP contribution in [0.5, 0.6) is 11.5 Å². The van der Waals surface area contributed by atoms with Gasteiger partial charge in [-0.3, -0.25) is 0 Å². The molecular formula is C26H21F2N3O2. The summed E-state index contributed by atoms with van der Waals surface area (Å²) in [5.74, 6) is 1.30. The highest BCUT2D eigenvalue weighted by atomic mass is 19.3. The number of hydrogen-bond acceptors (Lipinski definition) is 5. The Balaban J connectivity index is 1.29. The van der Waals surface area contributed by atoms with E-state index in [0.29, 0.717) is 18.2 Å². The second-order valence-electron chi connectivity index (χ2n) is 7.04. The first-order valence-electron chi connectivity index (χ1n) is 10.2. The summed E-state index contributed by atoms with van der Waals surface area (Å²) in [5.41, 5.74) is 3.65. The minimum atomic E-state index is -2.85. The first kappa shape index (κ1) is 22.0. The van der Waals surface area contributed by atoms with Crippen molar-refractivity contribution in [3.63, 3.8) is 0 Å². The van der Waals surface area contributed by atoms with Gasteiger partial charge in [0.15, 0.2) is 0 Å². The monoisotopic (exact) mass is 445 g/mol. The average molecular weight is 445 g/mol. The highest BCUT2D eigenvalue weighted by molar-refractivity contribution is 5.69. The number of anilines is 2. The number of nitrogens with zero attached hydrogens (tertiary/aromatic N) is 2. The van der Waals surface area contributed by atoms with Gasteiger partial charge in [0.25, 0.3) is 0 Å². The van der Waals surface area contributed by atoms with Gasteiger partial charge in [-0.05, 0) is 47.5 Å². The predicted octanol–water partition coefficient (Wildman–Crippen LogP) is 6.57. The standard InChI is InChI=1S/C26H21F2N3O2/c27-25(28)33-24-14-10-22(11-15-24)31-26-29-16-21(17-30-26)7-6-19-8-12-23(13-9-19)32-18-20-4-2-1-3-5-20/h1-17,25H,18H2,(H,29,30,31)/b7-6+. The fourth-order valence-corrected chi connectivity index (χ4v) is 2.95. The number of aromatic nitrogens is 2. The van der Waals surface area contributed by atoms with Gasteiger partial charge in [0, 0.05) is 23.6 Å². The van der Waals surface area contributed by atoms with Crippen LogP contribution in [-0.2, 0) is 6.61 Å². The van der Waals surface area contributed by atoms with Crippen molar-refractivity contribution in [2.24, 2.45) is 0 Å². The van der Waals surface area contributed by atoms with Gasteiger partial charge in [-0.1, -0.05) is 54.6 Å². The summed E-state index contributed by atoms with van der Waals surface area (Å²) in [7, 11) is 0. The zero-order valence-electron chi connectivity index (χ0n) is 17.6. The van der Waals surface area contributed by atoms with Gasteiger partial charge < -0.3 is 14.8 Å². The molecule has 4 aromatic rings. The van der Waals surface area contributed by atoms with Crippen molar-refractivity contribution in [1.29, 1.82) is 0 Å². The minimum Gasteiger partial charge on any atom is -0.489 e. The smallest absolute Gasteiger partial charge is 0.387 e. The molecule has 1 N–H and O–H groups in total. The van der Waals surface area contributed by atoms with Gasteiger partial charge in [-0.15, -0.1) is 0 Å². The Bertz CT molecular complexity index is 1170. The first-order chi connectivity index (χ1) is 16.1. The Hall–Kier alpha value is -4.26. The molecule has 0 spiro atoms. The molecule has 0 atom stereocenters. The van der Waals surface area contributed by atoms with E-state index in [9.17, 15) is 8.78 Å². The Morgan fingerprint density at radius 3 is 2.06 bits per heavy atom. The Kier molecular flexibility index (Phi) is 7.22. The minimum absolute atomic E-state index is 0.0905. The van der Waals surface area contributed by atoms with Gasteiger partial charge in [0.05, 0.1) is 0 Å². The normalized spacial score (nSPS) is 11.0. The van der Waals surface area contributed by atoms with Crippen LogP contribution >= 0.6 is 0 Å². The fraction of sp³-hybridized carbons (Fsp3) is 0.0769. The lowest BCUT2D eigenvalue weighted by molar-refractivity contribution is -0.0498. The van der Waals surface area contributed by atoms with Crippen LogP contribution in [0, 0.1) is 0 Å². The molecule has 0 unspecified atom stereocenters. The largest absolute Gasteiger partial charge is 0.489 e. The maximum atomic E-state index is 12.2. The van der Waals surface area contributed by atoms with Crippen molar-refractivity contribution in [1.82, 2.24) is 9.97 Å². The molecule has 3 aromatic carbocycles. The molecule has 0 bridgehead atoms. The molecule has 0 aliphatic heterocycles. The zero-order chi connectivity index (χ0) is 22.9. The molecule has 0 aliphatic carbocycles. The van der Waals surface area contributed by atoms with E-state index in [1.165, 1.54) is 12.1 Å². The van der Waals surface area contributed by atoms with Crippen LogP contribution in [0.4, 0.5) is 20.4 Å². The van der Waals surface area contributed by atoms with Crippen LogP contribution in [0.1, 0.15) is 16.7 Å². The summed E-state index contributed by atoms with van der Waals surface area (Å²) < 4.78 is 34.6. The van der Waals surface area contributed by atoms with Crippen LogP contribution in [0.2, 0.25) is 0 Å². The molecule has 5 nitrogen and oxygen atoms in total. The lowest BCUT2D eigenvalue weighted by Gasteiger charge is -2.07. The predicted molar refractivity (Wildman–Crippen MR) is 125 cm³/mol. The van der Waals surface area contributed by atoms with E-state index in [4.69, 9.17) is 4.74 Å². The van der Waals surface area contributed by atoms with Gasteiger partial charge in [0.2, 0.25) is 5.95 Å². The molecule has 1 aromatic heterocycles. The Morgan fingerprint density at radius 2 is 1.39 bits per heavy atom. The van der Waals surface area contributed by atoms with Gasteiger partial charge in [-0.2, -0.15) is 8.78 Å². The van der Waals surface area contributed by atoms with Crippen molar-refractivity contribution in [2.75, 3.05) is 5.32 Å². The van der Waals surface area contributed by atoms with Crippen molar-refractivity contribution in [2.45, 2.75) is 13.2 Å². The van der Waals surface area contributed by atoms with E-state index in [0.717, 1.165) is 22.4 Å². The van der Waals surface area contributed by atoms with Crippen LogP contribution in [0.15, 0.2) is 91.3 Å². The topological polar surface area (TPSA) is 56.3 Å².